The number of fused-ring (bicyclic) bond motifs is 1. The Bertz CT molecular complexity index is 750. The highest BCUT2D eigenvalue weighted by Crippen LogP contribution is 2.38. The topological polar surface area (TPSA) is 66.8 Å². The van der Waals surface area contributed by atoms with Gasteiger partial charge in [-0.15, -0.1) is 0 Å². The van der Waals surface area contributed by atoms with Crippen LogP contribution < -0.4 is 4.74 Å². The maximum absolute atomic E-state index is 12.1. The van der Waals surface area contributed by atoms with Crippen molar-refractivity contribution in [2.45, 2.75) is 0 Å². The lowest BCUT2D eigenvalue weighted by atomic mass is 10.1. The number of hydrogen-bond donors (Lipinski definition) is 2. The smallest absolute Gasteiger partial charge is 0.232 e. The van der Waals surface area contributed by atoms with Crippen LogP contribution in [-0.2, 0) is 0 Å². The number of Topliss-reactive ketones (excluding diaryl/α,β-unsaturated/α-hetero) is 1. The Balaban J connectivity index is 2.01. The van der Waals surface area contributed by atoms with Crippen LogP contribution in [0.3, 0.4) is 0 Å². The van der Waals surface area contributed by atoms with Crippen molar-refractivity contribution in [1.82, 2.24) is 0 Å². The number of phenols is 2. The third-order valence-electron chi connectivity index (χ3n) is 2.94. The first kappa shape index (κ1) is 12.6. The summed E-state index contributed by atoms with van der Waals surface area (Å²) in [4.78, 5) is 12.1. The summed E-state index contributed by atoms with van der Waals surface area (Å²) in [5.74, 6) is -0.292. The van der Waals surface area contributed by atoms with Gasteiger partial charge in [-0.2, -0.15) is 0 Å². The fraction of sp³-hybridized carbons (Fsp3) is 0. The number of carbonyl (C=O) groups excluding carboxylic acids is 1. The summed E-state index contributed by atoms with van der Waals surface area (Å²) >= 11 is 5.97. The zero-order chi connectivity index (χ0) is 14.3. The fourth-order valence-electron chi connectivity index (χ4n) is 1.96. The lowest BCUT2D eigenvalue weighted by Gasteiger charge is -2.01. The van der Waals surface area contributed by atoms with E-state index in [2.05, 4.69) is 0 Å². The number of ether oxygens (including phenoxy) is 1. The molecule has 0 atom stereocenters. The molecular formula is C15H9ClO4. The summed E-state index contributed by atoms with van der Waals surface area (Å²) < 4.78 is 5.46. The molecule has 3 rings (SSSR count). The van der Waals surface area contributed by atoms with E-state index in [4.69, 9.17) is 16.3 Å². The first-order chi connectivity index (χ1) is 9.56. The molecule has 100 valence electrons. The molecule has 20 heavy (non-hydrogen) atoms. The number of halogens is 1. The van der Waals surface area contributed by atoms with Crippen molar-refractivity contribution in [3.8, 4) is 17.2 Å². The summed E-state index contributed by atoms with van der Waals surface area (Å²) in [5.41, 5.74) is 0.944. The molecule has 0 aromatic heterocycles. The van der Waals surface area contributed by atoms with E-state index in [1.807, 2.05) is 0 Å². The van der Waals surface area contributed by atoms with E-state index in [9.17, 15) is 15.0 Å². The SMILES string of the molecule is O=C1C(=Cc2ccc(O)c(O)c2)Oc2c(Cl)cccc21. The summed E-state index contributed by atoms with van der Waals surface area (Å²) in [5, 5.41) is 19.0. The van der Waals surface area contributed by atoms with Gasteiger partial charge in [-0.05, 0) is 35.9 Å². The van der Waals surface area contributed by atoms with Gasteiger partial charge in [-0.25, -0.2) is 0 Å². The van der Waals surface area contributed by atoms with Gasteiger partial charge in [-0.1, -0.05) is 23.7 Å². The van der Waals surface area contributed by atoms with Crippen LogP contribution in [0.1, 0.15) is 15.9 Å². The molecule has 0 saturated carbocycles. The van der Waals surface area contributed by atoms with Crippen LogP contribution in [0.15, 0.2) is 42.2 Å². The van der Waals surface area contributed by atoms with Gasteiger partial charge in [0.15, 0.2) is 23.0 Å². The molecular weight excluding hydrogens is 280 g/mol. The molecule has 1 heterocycles. The van der Waals surface area contributed by atoms with Crippen molar-refractivity contribution in [2.75, 3.05) is 0 Å². The Hall–Kier alpha value is -2.46. The largest absolute Gasteiger partial charge is 0.504 e. The number of para-hydroxylation sites is 1. The zero-order valence-electron chi connectivity index (χ0n) is 10.1. The molecule has 0 unspecified atom stereocenters. The van der Waals surface area contributed by atoms with Gasteiger partial charge >= 0.3 is 0 Å². The van der Waals surface area contributed by atoms with E-state index >= 15 is 0 Å². The van der Waals surface area contributed by atoms with E-state index in [0.717, 1.165) is 0 Å². The Labute approximate surface area is 119 Å². The molecule has 2 N–H and O–H groups in total. The van der Waals surface area contributed by atoms with E-state index in [1.54, 1.807) is 24.3 Å². The van der Waals surface area contributed by atoms with Gasteiger partial charge in [0.05, 0.1) is 10.6 Å². The summed E-state index contributed by atoms with van der Waals surface area (Å²) in [6.07, 6.45) is 1.48. The van der Waals surface area contributed by atoms with Gasteiger partial charge < -0.3 is 14.9 Å². The standard InChI is InChI=1S/C15H9ClO4/c16-10-3-1-2-9-14(19)13(20-15(9)10)7-8-4-5-11(17)12(18)6-8/h1-7,17-18H. The molecule has 0 aliphatic carbocycles. The molecule has 0 spiro atoms. The molecule has 0 amide bonds. The van der Waals surface area contributed by atoms with Gasteiger partial charge in [0.25, 0.3) is 0 Å². The summed E-state index contributed by atoms with van der Waals surface area (Å²) in [6, 6.07) is 9.19. The van der Waals surface area contributed by atoms with Gasteiger partial charge in [0.1, 0.15) is 0 Å². The minimum atomic E-state index is -0.268. The number of benzene rings is 2. The zero-order valence-corrected chi connectivity index (χ0v) is 10.9. The van der Waals surface area contributed by atoms with Gasteiger partial charge in [0.2, 0.25) is 5.78 Å². The van der Waals surface area contributed by atoms with Crippen molar-refractivity contribution in [2.24, 2.45) is 0 Å². The van der Waals surface area contributed by atoms with Crippen LogP contribution in [-0.4, -0.2) is 16.0 Å². The number of rotatable bonds is 1. The number of phenolic OH excluding ortho intramolecular Hbond substituents is 2. The Morgan fingerprint density at radius 3 is 2.60 bits per heavy atom. The Kier molecular flexibility index (Phi) is 2.88. The predicted octanol–water partition coefficient (Wildman–Crippen LogP) is 3.37. The molecule has 0 bridgehead atoms. The third kappa shape index (κ3) is 2.00. The molecule has 0 radical (unpaired) electrons. The van der Waals surface area contributed by atoms with Crippen LogP contribution in [0, 0.1) is 0 Å². The normalized spacial score (nSPS) is 15.2. The quantitative estimate of drug-likeness (QED) is 0.624. The summed E-state index contributed by atoms with van der Waals surface area (Å²) in [7, 11) is 0. The second kappa shape index (κ2) is 4.58. The maximum Gasteiger partial charge on any atom is 0.232 e. The van der Waals surface area contributed by atoms with E-state index < -0.39 is 0 Å². The average molecular weight is 289 g/mol. The number of aromatic hydroxyl groups is 2. The summed E-state index contributed by atoms with van der Waals surface area (Å²) in [6.45, 7) is 0. The number of allylic oxidation sites excluding steroid dienone is 1. The Morgan fingerprint density at radius 1 is 1.10 bits per heavy atom. The van der Waals surface area contributed by atoms with Crippen molar-refractivity contribution >= 4 is 23.5 Å². The fourth-order valence-corrected chi connectivity index (χ4v) is 2.17. The molecule has 5 heteroatoms. The second-order valence-electron chi connectivity index (χ2n) is 4.30. The molecule has 0 fully saturated rings. The monoisotopic (exact) mass is 288 g/mol. The number of carbonyl (C=O) groups is 1. The van der Waals surface area contributed by atoms with Crippen LogP contribution in [0.25, 0.3) is 6.08 Å². The van der Waals surface area contributed by atoms with Crippen LogP contribution in [0.2, 0.25) is 5.02 Å². The highest BCUT2D eigenvalue weighted by atomic mass is 35.5. The van der Waals surface area contributed by atoms with Crippen LogP contribution in [0.5, 0.6) is 17.2 Å². The molecule has 4 nitrogen and oxygen atoms in total. The highest BCUT2D eigenvalue weighted by Gasteiger charge is 2.28. The molecule has 1 aliphatic heterocycles. The first-order valence-electron chi connectivity index (χ1n) is 5.81. The van der Waals surface area contributed by atoms with E-state index in [0.29, 0.717) is 21.9 Å². The van der Waals surface area contributed by atoms with Crippen LogP contribution >= 0.6 is 11.6 Å². The van der Waals surface area contributed by atoms with Crippen molar-refractivity contribution in [3.05, 3.63) is 58.3 Å². The number of hydrogen-bond acceptors (Lipinski definition) is 4. The minimum absolute atomic E-state index is 0.123. The highest BCUT2D eigenvalue weighted by molar-refractivity contribution is 6.33. The maximum atomic E-state index is 12.1. The van der Waals surface area contributed by atoms with E-state index in [-0.39, 0.29) is 23.0 Å². The van der Waals surface area contributed by atoms with Crippen molar-refractivity contribution < 1.29 is 19.7 Å². The van der Waals surface area contributed by atoms with E-state index in [1.165, 1.54) is 18.2 Å². The first-order valence-corrected chi connectivity index (χ1v) is 6.19. The average Bonchev–Trinajstić information content (AvgIpc) is 2.73. The minimum Gasteiger partial charge on any atom is -0.504 e. The van der Waals surface area contributed by atoms with Crippen molar-refractivity contribution in [3.63, 3.8) is 0 Å². The lowest BCUT2D eigenvalue weighted by molar-refractivity contribution is 0.101. The van der Waals surface area contributed by atoms with Gasteiger partial charge in [-0.3, -0.25) is 4.79 Å². The predicted molar refractivity (Wildman–Crippen MR) is 74.2 cm³/mol. The number of ketones is 1. The molecule has 0 saturated heterocycles. The molecule has 2 aromatic carbocycles. The second-order valence-corrected chi connectivity index (χ2v) is 4.71. The third-order valence-corrected chi connectivity index (χ3v) is 3.24. The molecule has 2 aromatic rings. The van der Waals surface area contributed by atoms with Gasteiger partial charge in [0, 0.05) is 0 Å². The lowest BCUT2D eigenvalue weighted by Crippen LogP contribution is -1.97. The molecule has 1 aliphatic rings. The van der Waals surface area contributed by atoms with Crippen LogP contribution in [0.4, 0.5) is 0 Å². The van der Waals surface area contributed by atoms with Crippen molar-refractivity contribution in [1.29, 1.82) is 0 Å². The Morgan fingerprint density at radius 2 is 1.90 bits per heavy atom.